The van der Waals surface area contributed by atoms with Gasteiger partial charge in [0.2, 0.25) is 5.91 Å². The van der Waals surface area contributed by atoms with Crippen molar-refractivity contribution >= 4 is 46.7 Å². The van der Waals surface area contributed by atoms with Crippen molar-refractivity contribution in [1.82, 2.24) is 0 Å². The van der Waals surface area contributed by atoms with Crippen molar-refractivity contribution in [3.8, 4) is 0 Å². The third-order valence-corrected chi connectivity index (χ3v) is 4.47. The Morgan fingerprint density at radius 1 is 1.15 bits per heavy atom. The molecule has 0 unspecified atom stereocenters. The van der Waals surface area contributed by atoms with Gasteiger partial charge in [-0.2, -0.15) is 0 Å². The van der Waals surface area contributed by atoms with Crippen molar-refractivity contribution < 1.29 is 4.79 Å². The van der Waals surface area contributed by atoms with Crippen LogP contribution in [0.2, 0.25) is 5.02 Å². The minimum atomic E-state index is -0.0202. The Kier molecular flexibility index (Phi) is 5.83. The fourth-order valence-electron chi connectivity index (χ4n) is 1.60. The normalized spacial score (nSPS) is 10.3. The number of carbonyl (C=O) groups excluding carboxylic acids is 1. The molecule has 20 heavy (non-hydrogen) atoms. The van der Waals surface area contributed by atoms with Crippen LogP contribution >= 0.6 is 35.1 Å². The third-order valence-electron chi connectivity index (χ3n) is 2.52. The molecule has 0 saturated carbocycles. The summed E-state index contributed by atoms with van der Waals surface area (Å²) in [5, 5.41) is 3.58. The molecule has 0 atom stereocenters. The Balaban J connectivity index is 1.89. The molecule has 0 bridgehead atoms. The van der Waals surface area contributed by atoms with E-state index in [4.69, 9.17) is 11.6 Å². The van der Waals surface area contributed by atoms with Crippen molar-refractivity contribution in [3.63, 3.8) is 0 Å². The summed E-state index contributed by atoms with van der Waals surface area (Å²) in [5.41, 5.74) is 0.827. The summed E-state index contributed by atoms with van der Waals surface area (Å²) in [7, 11) is 0. The van der Waals surface area contributed by atoms with Crippen molar-refractivity contribution in [2.45, 2.75) is 9.79 Å². The molecule has 1 N–H and O–H groups in total. The van der Waals surface area contributed by atoms with Gasteiger partial charge in [0.1, 0.15) is 0 Å². The van der Waals surface area contributed by atoms with Gasteiger partial charge in [-0.3, -0.25) is 4.79 Å². The molecule has 0 aromatic heterocycles. The van der Waals surface area contributed by atoms with Crippen LogP contribution in [0.4, 0.5) is 5.69 Å². The molecule has 0 heterocycles. The Bertz CT molecular complexity index is 604. The molecule has 2 rings (SSSR count). The minimum Gasteiger partial charge on any atom is -0.325 e. The van der Waals surface area contributed by atoms with Gasteiger partial charge < -0.3 is 5.32 Å². The van der Waals surface area contributed by atoms with Crippen LogP contribution in [0.1, 0.15) is 0 Å². The average molecular weight is 324 g/mol. The highest BCUT2D eigenvalue weighted by molar-refractivity contribution is 8.00. The van der Waals surface area contributed by atoms with Crippen molar-refractivity contribution in [2.24, 2.45) is 0 Å². The van der Waals surface area contributed by atoms with E-state index in [2.05, 4.69) is 5.32 Å². The van der Waals surface area contributed by atoms with E-state index in [9.17, 15) is 4.79 Å². The smallest absolute Gasteiger partial charge is 0.234 e. The van der Waals surface area contributed by atoms with Crippen LogP contribution < -0.4 is 5.32 Å². The van der Waals surface area contributed by atoms with Crippen LogP contribution in [-0.2, 0) is 4.79 Å². The van der Waals surface area contributed by atoms with E-state index < -0.39 is 0 Å². The highest BCUT2D eigenvalue weighted by Crippen LogP contribution is 2.22. The highest BCUT2D eigenvalue weighted by atomic mass is 35.5. The first-order valence-electron chi connectivity index (χ1n) is 5.99. The van der Waals surface area contributed by atoms with Gasteiger partial charge in [-0.25, -0.2) is 0 Å². The maximum atomic E-state index is 11.9. The summed E-state index contributed by atoms with van der Waals surface area (Å²) in [6.45, 7) is 0. The van der Waals surface area contributed by atoms with E-state index in [1.807, 2.05) is 54.8 Å². The molecule has 1 amide bonds. The monoisotopic (exact) mass is 323 g/mol. The fourth-order valence-corrected chi connectivity index (χ4v) is 3.07. The van der Waals surface area contributed by atoms with Crippen molar-refractivity contribution in [3.05, 3.63) is 53.6 Å². The van der Waals surface area contributed by atoms with Crippen LogP contribution in [0.15, 0.2) is 58.3 Å². The molecule has 0 radical (unpaired) electrons. The van der Waals surface area contributed by atoms with Gasteiger partial charge in [-0.05, 0) is 42.7 Å². The Morgan fingerprint density at radius 3 is 2.65 bits per heavy atom. The lowest BCUT2D eigenvalue weighted by Gasteiger charge is -2.06. The standard InChI is InChI=1S/C15H14ClNOS2/c1-19-13-6-3-5-12(9-13)17-15(18)10-20-14-7-2-4-11(16)8-14/h2-9H,10H2,1H3,(H,17,18). The van der Waals surface area contributed by atoms with Crippen LogP contribution in [0.3, 0.4) is 0 Å². The quantitative estimate of drug-likeness (QED) is 0.802. The van der Waals surface area contributed by atoms with Gasteiger partial charge in [-0.1, -0.05) is 23.7 Å². The summed E-state index contributed by atoms with van der Waals surface area (Å²) >= 11 is 9.03. The minimum absolute atomic E-state index is 0.0202. The van der Waals surface area contributed by atoms with Crippen LogP contribution in [0, 0.1) is 0 Å². The molecular formula is C15H14ClNOS2. The second-order valence-electron chi connectivity index (χ2n) is 4.03. The number of thioether (sulfide) groups is 2. The van der Waals surface area contributed by atoms with Crippen molar-refractivity contribution in [1.29, 1.82) is 0 Å². The average Bonchev–Trinajstić information content (AvgIpc) is 2.45. The second-order valence-corrected chi connectivity index (χ2v) is 6.39. The van der Waals surface area contributed by atoms with Gasteiger partial charge in [0.25, 0.3) is 0 Å². The number of hydrogen-bond donors (Lipinski definition) is 1. The lowest BCUT2D eigenvalue weighted by molar-refractivity contribution is -0.113. The predicted octanol–water partition coefficient (Wildman–Crippen LogP) is 4.79. The Morgan fingerprint density at radius 2 is 1.90 bits per heavy atom. The first-order valence-corrected chi connectivity index (χ1v) is 8.58. The summed E-state index contributed by atoms with van der Waals surface area (Å²) in [5.74, 6) is 0.345. The first kappa shape index (κ1) is 15.3. The SMILES string of the molecule is CSc1cccc(NC(=O)CSc2cccc(Cl)c2)c1. The van der Waals surface area contributed by atoms with Crippen molar-refractivity contribution in [2.75, 3.05) is 17.3 Å². The molecule has 2 aromatic rings. The van der Waals surface area contributed by atoms with E-state index in [0.717, 1.165) is 15.5 Å². The number of rotatable bonds is 5. The number of nitrogens with one attached hydrogen (secondary N) is 1. The number of anilines is 1. The van der Waals surface area contributed by atoms with Gasteiger partial charge in [0, 0.05) is 20.5 Å². The molecule has 0 aliphatic carbocycles. The molecule has 0 spiro atoms. The van der Waals surface area contributed by atoms with Gasteiger partial charge in [-0.15, -0.1) is 23.5 Å². The van der Waals surface area contributed by atoms with E-state index in [0.29, 0.717) is 10.8 Å². The number of benzene rings is 2. The molecule has 0 saturated heterocycles. The summed E-state index contributed by atoms with van der Waals surface area (Å²) in [6.07, 6.45) is 2.01. The fraction of sp³-hybridized carbons (Fsp3) is 0.133. The molecule has 2 nitrogen and oxygen atoms in total. The molecule has 5 heteroatoms. The number of amides is 1. The van der Waals surface area contributed by atoms with Crippen LogP contribution in [0.5, 0.6) is 0 Å². The summed E-state index contributed by atoms with van der Waals surface area (Å²) < 4.78 is 0. The zero-order chi connectivity index (χ0) is 14.4. The van der Waals surface area contributed by atoms with E-state index in [1.54, 1.807) is 11.8 Å². The second kappa shape index (κ2) is 7.62. The number of carbonyl (C=O) groups is 1. The Hall–Kier alpha value is -1.10. The number of hydrogen-bond acceptors (Lipinski definition) is 3. The lowest BCUT2D eigenvalue weighted by atomic mass is 10.3. The topological polar surface area (TPSA) is 29.1 Å². The van der Waals surface area contributed by atoms with E-state index >= 15 is 0 Å². The van der Waals surface area contributed by atoms with E-state index in [-0.39, 0.29) is 5.91 Å². The van der Waals surface area contributed by atoms with Crippen LogP contribution in [0.25, 0.3) is 0 Å². The third kappa shape index (κ3) is 4.78. The zero-order valence-corrected chi connectivity index (χ0v) is 13.3. The maximum absolute atomic E-state index is 11.9. The molecular weight excluding hydrogens is 310 g/mol. The molecule has 104 valence electrons. The van der Waals surface area contributed by atoms with E-state index in [1.165, 1.54) is 11.8 Å². The predicted molar refractivity (Wildman–Crippen MR) is 89.0 cm³/mol. The lowest BCUT2D eigenvalue weighted by Crippen LogP contribution is -2.13. The van der Waals surface area contributed by atoms with Gasteiger partial charge >= 0.3 is 0 Å². The summed E-state index contributed by atoms with van der Waals surface area (Å²) in [6, 6.07) is 15.3. The Labute approximate surface area is 132 Å². The van der Waals surface area contributed by atoms with Gasteiger partial charge in [0.05, 0.1) is 5.75 Å². The number of halogens is 1. The summed E-state index contributed by atoms with van der Waals surface area (Å²) in [4.78, 5) is 14.0. The van der Waals surface area contributed by atoms with Gasteiger partial charge in [0.15, 0.2) is 0 Å². The maximum Gasteiger partial charge on any atom is 0.234 e. The highest BCUT2D eigenvalue weighted by Gasteiger charge is 2.04. The molecule has 2 aromatic carbocycles. The molecule has 0 fully saturated rings. The van der Waals surface area contributed by atoms with Crippen LogP contribution in [-0.4, -0.2) is 17.9 Å². The largest absolute Gasteiger partial charge is 0.325 e. The first-order chi connectivity index (χ1) is 9.67. The zero-order valence-electron chi connectivity index (χ0n) is 10.9. The molecule has 0 aliphatic rings. The molecule has 0 aliphatic heterocycles.